The van der Waals surface area contributed by atoms with E-state index in [0.29, 0.717) is 27.8 Å². The van der Waals surface area contributed by atoms with Gasteiger partial charge in [0.15, 0.2) is 10.0 Å². The molecule has 0 aliphatic carbocycles. The van der Waals surface area contributed by atoms with Gasteiger partial charge in [0.25, 0.3) is 11.8 Å². The van der Waals surface area contributed by atoms with Crippen LogP contribution in [-0.4, -0.2) is 58.7 Å². The Bertz CT molecular complexity index is 1170. The number of anilines is 1. The van der Waals surface area contributed by atoms with Crippen LogP contribution in [0, 0.1) is 0 Å². The lowest BCUT2D eigenvalue weighted by Gasteiger charge is -2.31. The van der Waals surface area contributed by atoms with Gasteiger partial charge in [-0.25, -0.2) is 4.98 Å². The Labute approximate surface area is 206 Å². The lowest BCUT2D eigenvalue weighted by Crippen LogP contribution is -2.43. The van der Waals surface area contributed by atoms with Crippen molar-refractivity contribution < 1.29 is 14.1 Å². The van der Waals surface area contributed by atoms with Gasteiger partial charge < -0.3 is 20.1 Å². The summed E-state index contributed by atoms with van der Waals surface area (Å²) in [5, 5.41) is 8.36. The summed E-state index contributed by atoms with van der Waals surface area (Å²) < 4.78 is 11.8. The standard InChI is InChI=1S/C24H27N5O3S2/c1-4-6-21(28-11-9-25-10-12-28)19(5-2)26-22(30)20-15-33-24(27-20)29-14-16-7-8-17(34(3)32)13-18(16)23(29)31/h4-8,13,15,25H,2,9-12,14H2,1,3H3,(H,26,30)/b6-4-,21-19-. The molecule has 2 N–H and O–H groups in total. The average molecular weight is 498 g/mol. The lowest BCUT2D eigenvalue weighted by molar-refractivity contribution is 0.0958. The van der Waals surface area contributed by atoms with Crippen molar-refractivity contribution in [1.29, 1.82) is 0 Å². The van der Waals surface area contributed by atoms with Gasteiger partial charge in [0.05, 0.1) is 17.9 Å². The van der Waals surface area contributed by atoms with Gasteiger partial charge in [-0.3, -0.25) is 14.5 Å². The first-order valence-corrected chi connectivity index (χ1v) is 13.4. The van der Waals surface area contributed by atoms with E-state index >= 15 is 0 Å². The minimum absolute atomic E-state index is 0.204. The van der Waals surface area contributed by atoms with Crippen LogP contribution < -0.4 is 15.5 Å². The zero-order valence-corrected chi connectivity index (χ0v) is 20.8. The van der Waals surface area contributed by atoms with Crippen LogP contribution >= 0.6 is 11.3 Å². The summed E-state index contributed by atoms with van der Waals surface area (Å²) in [6.45, 7) is 9.59. The Kier molecular flexibility index (Phi) is 7.52. The van der Waals surface area contributed by atoms with Crippen LogP contribution in [0.25, 0.3) is 0 Å². The topological polar surface area (TPSA) is 101 Å². The summed E-state index contributed by atoms with van der Waals surface area (Å²) in [6, 6.07) is 5.27. The fourth-order valence-corrected chi connectivity index (χ4v) is 5.29. The van der Waals surface area contributed by atoms with Crippen LogP contribution in [0.3, 0.4) is 0 Å². The Morgan fingerprint density at radius 2 is 2.12 bits per heavy atom. The third-order valence-electron chi connectivity index (χ3n) is 5.68. The van der Waals surface area contributed by atoms with Gasteiger partial charge in [0, 0.05) is 43.2 Å². The van der Waals surface area contributed by atoms with Crippen LogP contribution in [-0.2, 0) is 17.7 Å². The molecule has 0 radical (unpaired) electrons. The number of piperazine rings is 1. The smallest absolute Gasteiger partial charge is 0.275 e. The number of allylic oxidation sites excluding steroid dienone is 3. The molecule has 1 unspecified atom stereocenters. The Hall–Kier alpha value is -2.92. The molecule has 34 heavy (non-hydrogen) atoms. The van der Waals surface area contributed by atoms with Crippen molar-refractivity contribution in [1.82, 2.24) is 20.5 Å². The monoisotopic (exact) mass is 497 g/mol. The number of rotatable bonds is 7. The number of thiazole rings is 1. The van der Waals surface area contributed by atoms with Crippen molar-refractivity contribution >= 4 is 39.5 Å². The lowest BCUT2D eigenvalue weighted by atomic mass is 10.1. The maximum absolute atomic E-state index is 13.0. The maximum Gasteiger partial charge on any atom is 0.275 e. The van der Waals surface area contributed by atoms with Crippen LogP contribution in [0.5, 0.6) is 0 Å². The predicted octanol–water partition coefficient (Wildman–Crippen LogP) is 2.65. The molecule has 1 aromatic carbocycles. The molecule has 2 aliphatic heterocycles. The first kappa shape index (κ1) is 24.2. The highest BCUT2D eigenvalue weighted by molar-refractivity contribution is 7.90. The van der Waals surface area contributed by atoms with Gasteiger partial charge in [-0.1, -0.05) is 18.7 Å². The first-order chi connectivity index (χ1) is 16.4. The Balaban J connectivity index is 1.53. The molecule has 1 atom stereocenters. The van der Waals surface area contributed by atoms with Crippen LogP contribution in [0.15, 0.2) is 64.7 Å². The molecule has 1 fully saturated rings. The summed E-state index contributed by atoms with van der Waals surface area (Å²) in [7, 11) is 0. The van der Waals surface area contributed by atoms with E-state index in [-0.39, 0.29) is 17.5 Å². The molecule has 2 aliphatic rings. The molecule has 0 spiro atoms. The third-order valence-corrected chi connectivity index (χ3v) is 7.46. The van der Waals surface area contributed by atoms with Crippen molar-refractivity contribution in [3.05, 3.63) is 76.6 Å². The van der Waals surface area contributed by atoms with E-state index in [1.807, 2.05) is 25.1 Å². The van der Waals surface area contributed by atoms with E-state index in [9.17, 15) is 14.1 Å². The van der Waals surface area contributed by atoms with E-state index in [1.54, 1.807) is 34.7 Å². The number of carbonyl (C=O) groups is 2. The molecule has 4 rings (SSSR count). The second-order valence-corrected chi connectivity index (χ2v) is 10.1. The molecule has 0 saturated carbocycles. The van der Waals surface area contributed by atoms with Gasteiger partial charge in [-0.05, 0) is 41.9 Å². The second kappa shape index (κ2) is 10.6. The molecule has 8 nitrogen and oxygen atoms in total. The van der Waals surface area contributed by atoms with Crippen molar-refractivity contribution in [2.45, 2.75) is 18.4 Å². The number of amides is 2. The minimum Gasteiger partial charge on any atom is -0.612 e. The quantitative estimate of drug-likeness (QED) is 0.451. The molecule has 2 aromatic rings. The third kappa shape index (κ3) is 4.95. The zero-order valence-electron chi connectivity index (χ0n) is 19.2. The number of nitrogens with zero attached hydrogens (tertiary/aromatic N) is 3. The molecule has 3 heterocycles. The van der Waals surface area contributed by atoms with Crippen LogP contribution in [0.1, 0.15) is 33.3 Å². The number of carbonyl (C=O) groups excluding carboxylic acids is 2. The van der Waals surface area contributed by atoms with Crippen molar-refractivity contribution in [3.63, 3.8) is 0 Å². The Morgan fingerprint density at radius 1 is 1.35 bits per heavy atom. The Morgan fingerprint density at radius 3 is 2.79 bits per heavy atom. The van der Waals surface area contributed by atoms with E-state index in [4.69, 9.17) is 0 Å². The number of aromatic nitrogens is 1. The number of benzene rings is 1. The summed E-state index contributed by atoms with van der Waals surface area (Å²) in [6.07, 6.45) is 7.12. The molecule has 0 bridgehead atoms. The van der Waals surface area contributed by atoms with Crippen molar-refractivity contribution in [2.75, 3.05) is 37.3 Å². The normalized spacial score (nSPS) is 17.6. The van der Waals surface area contributed by atoms with Crippen molar-refractivity contribution in [2.24, 2.45) is 0 Å². The highest BCUT2D eigenvalue weighted by Crippen LogP contribution is 2.32. The van der Waals surface area contributed by atoms with E-state index < -0.39 is 11.2 Å². The number of hydrogen-bond acceptors (Lipinski definition) is 7. The molecule has 10 heteroatoms. The number of hydrogen-bond donors (Lipinski definition) is 2. The summed E-state index contributed by atoms with van der Waals surface area (Å²) in [5.74, 6) is -0.563. The van der Waals surface area contributed by atoms with Gasteiger partial charge in [-0.2, -0.15) is 0 Å². The average Bonchev–Trinajstić information content (AvgIpc) is 3.46. The number of nitrogens with one attached hydrogen (secondary N) is 2. The predicted molar refractivity (Wildman–Crippen MR) is 135 cm³/mol. The van der Waals surface area contributed by atoms with E-state index in [1.165, 1.54) is 11.3 Å². The molecule has 1 saturated heterocycles. The molecule has 2 amide bonds. The maximum atomic E-state index is 13.0. The molecular formula is C24H27N5O3S2. The fraction of sp³-hybridized carbons (Fsp3) is 0.292. The van der Waals surface area contributed by atoms with Gasteiger partial charge >= 0.3 is 0 Å². The van der Waals surface area contributed by atoms with Gasteiger partial charge in [0.2, 0.25) is 0 Å². The van der Waals surface area contributed by atoms with Gasteiger partial charge in [-0.15, -0.1) is 11.3 Å². The summed E-state index contributed by atoms with van der Waals surface area (Å²) >= 11 is 0.0705. The summed E-state index contributed by atoms with van der Waals surface area (Å²) in [5.41, 5.74) is 3.13. The largest absolute Gasteiger partial charge is 0.612 e. The summed E-state index contributed by atoms with van der Waals surface area (Å²) in [4.78, 5) is 34.8. The molecule has 178 valence electrons. The minimum atomic E-state index is -1.17. The van der Waals surface area contributed by atoms with Crippen LogP contribution in [0.4, 0.5) is 5.13 Å². The zero-order chi connectivity index (χ0) is 24.2. The van der Waals surface area contributed by atoms with E-state index in [2.05, 4.69) is 27.1 Å². The first-order valence-electron chi connectivity index (χ1n) is 10.9. The SMILES string of the molecule is C=C/C(NC(=O)c1csc(N2Cc3ccc([S+](C)[O-])cc3C2=O)n1)=C(\C=C/C)N1CCNCC1. The highest BCUT2D eigenvalue weighted by Gasteiger charge is 2.32. The second-order valence-electron chi connectivity index (χ2n) is 7.87. The number of fused-ring (bicyclic) bond motifs is 1. The molecule has 1 aromatic heterocycles. The van der Waals surface area contributed by atoms with E-state index in [0.717, 1.165) is 37.4 Å². The molecular weight excluding hydrogens is 470 g/mol. The van der Waals surface area contributed by atoms with Crippen molar-refractivity contribution in [3.8, 4) is 0 Å². The highest BCUT2D eigenvalue weighted by atomic mass is 32.2. The fourth-order valence-electron chi connectivity index (χ4n) is 3.94. The van der Waals surface area contributed by atoms with Gasteiger partial charge in [0.1, 0.15) is 11.9 Å². The van der Waals surface area contributed by atoms with Crippen LogP contribution in [0.2, 0.25) is 0 Å².